The summed E-state index contributed by atoms with van der Waals surface area (Å²) in [6, 6.07) is 16.9. The fraction of sp³-hybridized carbons (Fsp3) is 0.519. The van der Waals surface area contributed by atoms with E-state index in [2.05, 4.69) is 11.0 Å². The minimum Gasteiger partial charge on any atom is -0.508 e. The first kappa shape index (κ1) is 21.5. The van der Waals surface area contributed by atoms with Crippen LogP contribution in [0.25, 0.3) is 0 Å². The quantitative estimate of drug-likeness (QED) is 0.754. The number of aliphatic hydroxyl groups is 1. The molecule has 2 aromatic carbocycles. The van der Waals surface area contributed by atoms with Gasteiger partial charge in [-0.1, -0.05) is 30.3 Å². The Morgan fingerprint density at radius 3 is 2.66 bits per heavy atom. The molecule has 1 heterocycles. The lowest BCUT2D eigenvalue weighted by atomic mass is 9.56. The second-order valence-electron chi connectivity index (χ2n) is 10.2. The van der Waals surface area contributed by atoms with Gasteiger partial charge in [0.2, 0.25) is 0 Å². The van der Waals surface area contributed by atoms with Gasteiger partial charge in [-0.25, -0.2) is 0 Å². The fourth-order valence-corrected chi connectivity index (χ4v) is 6.15. The molecule has 1 aliphatic heterocycles. The maximum atomic E-state index is 13.2. The van der Waals surface area contributed by atoms with Crippen LogP contribution < -0.4 is 0 Å². The average Bonchev–Trinajstić information content (AvgIpc) is 3.63. The number of carbonyl (C=O) groups excluding carboxylic acids is 1. The minimum atomic E-state index is -0.482. The summed E-state index contributed by atoms with van der Waals surface area (Å²) in [5, 5.41) is 21.7. The number of hydrogen-bond acceptors (Lipinski definition) is 4. The molecule has 0 spiro atoms. The normalized spacial score (nSPS) is 30.5. The third-order valence-corrected chi connectivity index (χ3v) is 8.14. The number of fused-ring (bicyclic) bond motifs is 1. The lowest BCUT2D eigenvalue weighted by Crippen LogP contribution is -2.61. The van der Waals surface area contributed by atoms with Crippen LogP contribution in [-0.4, -0.2) is 64.7 Å². The highest BCUT2D eigenvalue weighted by Crippen LogP contribution is 2.51. The van der Waals surface area contributed by atoms with Crippen molar-refractivity contribution in [3.63, 3.8) is 0 Å². The summed E-state index contributed by atoms with van der Waals surface area (Å²) in [5.41, 5.74) is 1.53. The summed E-state index contributed by atoms with van der Waals surface area (Å²) >= 11 is 0. The molecule has 0 radical (unpaired) electrons. The Hall–Kier alpha value is -2.37. The molecule has 5 nitrogen and oxygen atoms in total. The Balaban J connectivity index is 1.45. The van der Waals surface area contributed by atoms with Crippen molar-refractivity contribution >= 4 is 5.91 Å². The van der Waals surface area contributed by atoms with Crippen molar-refractivity contribution in [1.29, 1.82) is 0 Å². The largest absolute Gasteiger partial charge is 0.508 e. The summed E-state index contributed by atoms with van der Waals surface area (Å²) in [6.07, 6.45) is 4.52. The van der Waals surface area contributed by atoms with Crippen LogP contribution in [0.2, 0.25) is 0 Å². The zero-order valence-corrected chi connectivity index (χ0v) is 18.9. The second kappa shape index (κ2) is 8.53. The number of aromatic hydroxyl groups is 1. The van der Waals surface area contributed by atoms with Gasteiger partial charge in [0.05, 0.1) is 6.10 Å². The molecular formula is C27H34N2O3. The average molecular weight is 435 g/mol. The number of phenolic OH excluding ortho intramolecular Hbond substituents is 1. The number of hydrogen-bond donors (Lipinski definition) is 2. The third kappa shape index (κ3) is 4.04. The van der Waals surface area contributed by atoms with Gasteiger partial charge in [0.25, 0.3) is 5.91 Å². The smallest absolute Gasteiger partial charge is 0.253 e. The second-order valence-corrected chi connectivity index (χ2v) is 10.2. The van der Waals surface area contributed by atoms with Crippen molar-refractivity contribution in [2.45, 2.75) is 49.7 Å². The first-order valence-corrected chi connectivity index (χ1v) is 12.0. The number of aliphatic hydroxyl groups excluding tert-OH is 1. The van der Waals surface area contributed by atoms with Crippen molar-refractivity contribution in [1.82, 2.24) is 9.80 Å². The van der Waals surface area contributed by atoms with Gasteiger partial charge in [-0.05, 0) is 74.4 Å². The highest BCUT2D eigenvalue weighted by Gasteiger charge is 2.53. The van der Waals surface area contributed by atoms with Crippen molar-refractivity contribution < 1.29 is 15.0 Å². The molecule has 2 aliphatic carbocycles. The van der Waals surface area contributed by atoms with E-state index in [4.69, 9.17) is 0 Å². The summed E-state index contributed by atoms with van der Waals surface area (Å²) in [6.45, 7) is 3.02. The maximum Gasteiger partial charge on any atom is 0.253 e. The highest BCUT2D eigenvalue weighted by atomic mass is 16.3. The number of nitrogens with zero attached hydrogens (tertiary/aromatic N) is 2. The van der Waals surface area contributed by atoms with Gasteiger partial charge in [0.1, 0.15) is 5.75 Å². The van der Waals surface area contributed by atoms with Gasteiger partial charge in [-0.2, -0.15) is 0 Å². The highest BCUT2D eigenvalue weighted by molar-refractivity contribution is 5.94. The summed E-state index contributed by atoms with van der Waals surface area (Å²) in [4.78, 5) is 17.5. The SMILES string of the molecule is CN(C(=O)c1ccccc1)C1CC(O)C2CN(CC3CC3)CCC2(c2cccc(O)c2)C1. The molecule has 3 aliphatic rings. The van der Waals surface area contributed by atoms with Crippen LogP contribution in [0.15, 0.2) is 54.6 Å². The van der Waals surface area contributed by atoms with Crippen LogP contribution in [0.4, 0.5) is 0 Å². The van der Waals surface area contributed by atoms with E-state index >= 15 is 0 Å². The van der Waals surface area contributed by atoms with E-state index < -0.39 is 6.10 Å². The number of likely N-dealkylation sites (tertiary alicyclic amines) is 1. The molecule has 0 aromatic heterocycles. The minimum absolute atomic E-state index is 0.00141. The molecule has 1 amide bonds. The lowest BCUT2D eigenvalue weighted by molar-refractivity contribution is -0.0618. The number of carbonyl (C=O) groups is 1. The van der Waals surface area contributed by atoms with Crippen molar-refractivity contribution in [2.24, 2.45) is 11.8 Å². The molecule has 2 aromatic rings. The zero-order valence-electron chi connectivity index (χ0n) is 18.9. The lowest BCUT2D eigenvalue weighted by Gasteiger charge is -2.56. The van der Waals surface area contributed by atoms with Crippen molar-refractivity contribution in [2.75, 3.05) is 26.7 Å². The van der Waals surface area contributed by atoms with Crippen LogP contribution in [0.5, 0.6) is 5.75 Å². The van der Waals surface area contributed by atoms with E-state index in [9.17, 15) is 15.0 Å². The predicted octanol–water partition coefficient (Wildman–Crippen LogP) is 3.66. The van der Waals surface area contributed by atoms with Crippen LogP contribution in [0.1, 0.15) is 48.0 Å². The van der Waals surface area contributed by atoms with E-state index in [-0.39, 0.29) is 29.0 Å². The van der Waals surface area contributed by atoms with Crippen molar-refractivity contribution in [3.8, 4) is 5.75 Å². The molecule has 1 saturated heterocycles. The number of piperidine rings is 1. The summed E-state index contributed by atoms with van der Waals surface area (Å²) < 4.78 is 0. The first-order chi connectivity index (χ1) is 15.5. The van der Waals surface area contributed by atoms with E-state index in [1.807, 2.05) is 54.4 Å². The monoisotopic (exact) mass is 434 g/mol. The molecule has 4 atom stereocenters. The zero-order chi connectivity index (χ0) is 22.3. The Labute approximate surface area is 190 Å². The van der Waals surface area contributed by atoms with Gasteiger partial charge >= 0.3 is 0 Å². The molecule has 2 N–H and O–H groups in total. The number of phenols is 1. The Morgan fingerprint density at radius 2 is 1.94 bits per heavy atom. The Morgan fingerprint density at radius 1 is 1.16 bits per heavy atom. The van der Waals surface area contributed by atoms with E-state index in [0.717, 1.165) is 44.0 Å². The molecule has 2 saturated carbocycles. The molecular weight excluding hydrogens is 400 g/mol. The number of benzene rings is 2. The van der Waals surface area contributed by atoms with Gasteiger partial charge in [-0.15, -0.1) is 0 Å². The molecule has 170 valence electrons. The fourth-order valence-electron chi connectivity index (χ4n) is 6.15. The van der Waals surface area contributed by atoms with Gasteiger partial charge in [0, 0.05) is 43.1 Å². The van der Waals surface area contributed by atoms with Gasteiger partial charge < -0.3 is 20.0 Å². The predicted molar refractivity (Wildman–Crippen MR) is 125 cm³/mol. The van der Waals surface area contributed by atoms with Crippen LogP contribution >= 0.6 is 0 Å². The molecule has 5 heteroatoms. The van der Waals surface area contributed by atoms with E-state index in [1.54, 1.807) is 6.07 Å². The Kier molecular flexibility index (Phi) is 5.72. The summed E-state index contributed by atoms with van der Waals surface area (Å²) in [7, 11) is 1.87. The van der Waals surface area contributed by atoms with E-state index in [1.165, 1.54) is 12.8 Å². The molecule has 32 heavy (non-hydrogen) atoms. The van der Waals surface area contributed by atoms with Gasteiger partial charge in [0.15, 0.2) is 0 Å². The van der Waals surface area contributed by atoms with Gasteiger partial charge in [-0.3, -0.25) is 4.79 Å². The number of rotatable bonds is 5. The first-order valence-electron chi connectivity index (χ1n) is 12.0. The third-order valence-electron chi connectivity index (χ3n) is 8.14. The topological polar surface area (TPSA) is 64.0 Å². The van der Waals surface area contributed by atoms with Crippen molar-refractivity contribution in [3.05, 3.63) is 65.7 Å². The Bertz CT molecular complexity index is 960. The molecule has 3 fully saturated rings. The molecule has 0 bridgehead atoms. The van der Waals surface area contributed by atoms with Crippen LogP contribution in [0.3, 0.4) is 0 Å². The summed E-state index contributed by atoms with van der Waals surface area (Å²) in [5.74, 6) is 1.19. The number of amides is 1. The van der Waals surface area contributed by atoms with Crippen LogP contribution in [0, 0.1) is 11.8 Å². The van der Waals surface area contributed by atoms with E-state index in [0.29, 0.717) is 12.0 Å². The molecule has 4 unspecified atom stereocenters. The molecule has 5 rings (SSSR count). The maximum absolute atomic E-state index is 13.2. The standard InChI is InChI=1S/C27H34N2O3/c1-28(26(32)20-6-3-2-4-7-20)22-15-25(31)24-18-29(17-19-10-11-19)13-12-27(24,16-22)21-8-5-9-23(30)14-21/h2-9,14,19,22,24-25,30-31H,10-13,15-18H2,1H3. The van der Waals surface area contributed by atoms with Crippen LogP contribution in [-0.2, 0) is 5.41 Å².